The molecule has 76 valence electrons. The predicted molar refractivity (Wildman–Crippen MR) is 61.9 cm³/mol. The Hall–Kier alpha value is -0.960. The second-order valence-electron chi connectivity index (χ2n) is 4.01. The molecule has 1 rings (SSSR count). The van der Waals surface area contributed by atoms with Gasteiger partial charge in [0.1, 0.15) is 11.0 Å². The molecular weight excluding hydrogens is 194 g/mol. The lowest BCUT2D eigenvalue weighted by Crippen LogP contribution is -2.19. The van der Waals surface area contributed by atoms with Gasteiger partial charge < -0.3 is 0 Å². The third kappa shape index (κ3) is 3.42. The molecule has 14 heavy (non-hydrogen) atoms. The van der Waals surface area contributed by atoms with E-state index in [1.165, 1.54) is 0 Å². The molecule has 1 atom stereocenters. The first-order chi connectivity index (χ1) is 6.50. The fourth-order valence-corrected chi connectivity index (χ4v) is 1.34. The van der Waals surface area contributed by atoms with E-state index in [2.05, 4.69) is 4.40 Å². The molecule has 0 amide bonds. The van der Waals surface area contributed by atoms with Gasteiger partial charge in [0.15, 0.2) is 0 Å². The highest BCUT2D eigenvalue weighted by Gasteiger charge is 2.17. The van der Waals surface area contributed by atoms with E-state index in [0.29, 0.717) is 0 Å². The molecule has 1 aromatic rings. The minimum absolute atomic E-state index is 0.286. The van der Waals surface area contributed by atoms with E-state index in [9.17, 15) is 4.21 Å². The first-order valence-electron chi connectivity index (χ1n) is 4.51. The minimum atomic E-state index is -1.17. The van der Waals surface area contributed by atoms with Crippen LogP contribution in [0.3, 0.4) is 0 Å². The molecule has 3 heteroatoms. The van der Waals surface area contributed by atoms with Gasteiger partial charge in [0.2, 0.25) is 0 Å². The summed E-state index contributed by atoms with van der Waals surface area (Å²) in [6, 6.07) is 9.67. The summed E-state index contributed by atoms with van der Waals surface area (Å²) in [6.07, 6.45) is 1.65. The van der Waals surface area contributed by atoms with E-state index in [1.807, 2.05) is 51.1 Å². The molecule has 0 saturated heterocycles. The topological polar surface area (TPSA) is 29.4 Å². The fourth-order valence-electron chi connectivity index (χ4n) is 0.806. The summed E-state index contributed by atoms with van der Waals surface area (Å²) < 4.78 is 15.3. The fraction of sp³-hybridized carbons (Fsp3) is 0.364. The zero-order valence-corrected chi connectivity index (χ0v) is 9.54. The quantitative estimate of drug-likeness (QED) is 0.688. The van der Waals surface area contributed by atoms with E-state index in [4.69, 9.17) is 0 Å². The van der Waals surface area contributed by atoms with Crippen molar-refractivity contribution < 1.29 is 4.21 Å². The van der Waals surface area contributed by atoms with Crippen LogP contribution in [-0.4, -0.2) is 15.2 Å². The van der Waals surface area contributed by atoms with E-state index in [-0.39, 0.29) is 4.75 Å². The van der Waals surface area contributed by atoms with Gasteiger partial charge in [-0.05, 0) is 26.3 Å². The number of hydrogen-bond acceptors (Lipinski definition) is 1. The molecule has 0 fully saturated rings. The van der Waals surface area contributed by atoms with Crippen LogP contribution >= 0.6 is 0 Å². The summed E-state index contributed by atoms with van der Waals surface area (Å²) >= 11 is 0. The van der Waals surface area contributed by atoms with Crippen LogP contribution in [0.15, 0.2) is 34.7 Å². The highest BCUT2D eigenvalue weighted by Crippen LogP contribution is 2.11. The highest BCUT2D eigenvalue weighted by atomic mass is 32.2. The third-order valence-corrected chi connectivity index (χ3v) is 2.97. The Labute approximate surface area is 87.7 Å². The molecule has 0 heterocycles. The van der Waals surface area contributed by atoms with Crippen molar-refractivity contribution in [3.05, 3.63) is 35.9 Å². The van der Waals surface area contributed by atoms with Crippen molar-refractivity contribution in [2.75, 3.05) is 0 Å². The van der Waals surface area contributed by atoms with Crippen molar-refractivity contribution in [2.24, 2.45) is 4.40 Å². The van der Waals surface area contributed by atoms with Gasteiger partial charge in [-0.3, -0.25) is 0 Å². The molecule has 0 aliphatic heterocycles. The average Bonchev–Trinajstić information content (AvgIpc) is 2.14. The van der Waals surface area contributed by atoms with E-state index < -0.39 is 11.0 Å². The van der Waals surface area contributed by atoms with Gasteiger partial charge in [-0.15, -0.1) is 0 Å². The molecule has 0 aliphatic rings. The Morgan fingerprint density at radius 3 is 2.29 bits per heavy atom. The van der Waals surface area contributed by atoms with Gasteiger partial charge in [0, 0.05) is 6.21 Å². The van der Waals surface area contributed by atoms with Crippen LogP contribution in [0.4, 0.5) is 0 Å². The lowest BCUT2D eigenvalue weighted by atomic mass is 10.2. The Morgan fingerprint density at radius 1 is 1.21 bits per heavy atom. The van der Waals surface area contributed by atoms with Crippen LogP contribution in [0.5, 0.6) is 0 Å². The number of rotatable bonds is 2. The maximum atomic E-state index is 11.6. The van der Waals surface area contributed by atoms with E-state index in [1.54, 1.807) is 6.21 Å². The van der Waals surface area contributed by atoms with Crippen LogP contribution in [0.25, 0.3) is 0 Å². The lowest BCUT2D eigenvalue weighted by Gasteiger charge is -2.12. The average molecular weight is 209 g/mol. The third-order valence-electron chi connectivity index (χ3n) is 1.62. The monoisotopic (exact) mass is 209 g/mol. The van der Waals surface area contributed by atoms with Crippen LogP contribution in [0.2, 0.25) is 0 Å². The van der Waals surface area contributed by atoms with Crippen molar-refractivity contribution in [1.82, 2.24) is 0 Å². The number of benzene rings is 1. The van der Waals surface area contributed by atoms with Gasteiger partial charge in [0.05, 0.1) is 4.75 Å². The normalized spacial score (nSPS) is 14.5. The molecular formula is C11H15NOS. The number of hydrogen-bond donors (Lipinski definition) is 0. The molecule has 0 aromatic heterocycles. The van der Waals surface area contributed by atoms with Crippen molar-refractivity contribution in [3.63, 3.8) is 0 Å². The van der Waals surface area contributed by atoms with E-state index in [0.717, 1.165) is 5.56 Å². The highest BCUT2D eigenvalue weighted by molar-refractivity contribution is 7.85. The molecule has 1 aromatic carbocycles. The Bertz CT molecular complexity index is 338. The standard InChI is InChI=1S/C11H15NOS/c1-11(2,3)14(13)12-9-10-7-5-4-6-8-10/h4-9H,1-3H3/b12-9-/t14-/m1/s1. The SMILES string of the molecule is CC(C)(C)[S@@](=O)/N=C\c1ccccc1. The Kier molecular flexibility index (Phi) is 3.58. The largest absolute Gasteiger partial charge is 0.234 e. The number of nitrogens with zero attached hydrogens (tertiary/aromatic N) is 1. The maximum absolute atomic E-state index is 11.6. The van der Waals surface area contributed by atoms with Crippen molar-refractivity contribution in [2.45, 2.75) is 25.5 Å². The maximum Gasteiger partial charge on any atom is 0.144 e. The predicted octanol–water partition coefficient (Wildman–Crippen LogP) is 2.57. The summed E-state index contributed by atoms with van der Waals surface area (Å²) in [5, 5.41) is 0. The van der Waals surface area contributed by atoms with Crippen molar-refractivity contribution in [3.8, 4) is 0 Å². The molecule has 0 spiro atoms. The van der Waals surface area contributed by atoms with Gasteiger partial charge in [-0.2, -0.15) is 4.40 Å². The van der Waals surface area contributed by atoms with Crippen molar-refractivity contribution in [1.29, 1.82) is 0 Å². The zero-order valence-electron chi connectivity index (χ0n) is 8.73. The van der Waals surface area contributed by atoms with Crippen LogP contribution < -0.4 is 0 Å². The molecule has 0 radical (unpaired) electrons. The van der Waals surface area contributed by atoms with Gasteiger partial charge in [-0.1, -0.05) is 30.3 Å². The summed E-state index contributed by atoms with van der Waals surface area (Å²) in [5.41, 5.74) is 0.977. The second-order valence-corrected chi connectivity index (χ2v) is 5.94. The summed E-state index contributed by atoms with van der Waals surface area (Å²) in [6.45, 7) is 5.72. The van der Waals surface area contributed by atoms with Gasteiger partial charge in [-0.25, -0.2) is 4.21 Å². The molecule has 0 bridgehead atoms. The first-order valence-corrected chi connectivity index (χ1v) is 5.62. The molecule has 0 aliphatic carbocycles. The van der Waals surface area contributed by atoms with Crippen LogP contribution in [0, 0.1) is 0 Å². The smallest absolute Gasteiger partial charge is 0.144 e. The first kappa shape index (κ1) is 11.1. The molecule has 0 N–H and O–H groups in total. The Morgan fingerprint density at radius 2 is 1.79 bits per heavy atom. The van der Waals surface area contributed by atoms with Crippen molar-refractivity contribution >= 4 is 17.2 Å². The molecule has 2 nitrogen and oxygen atoms in total. The van der Waals surface area contributed by atoms with Gasteiger partial charge >= 0.3 is 0 Å². The van der Waals surface area contributed by atoms with E-state index >= 15 is 0 Å². The van der Waals surface area contributed by atoms with Gasteiger partial charge in [0.25, 0.3) is 0 Å². The summed E-state index contributed by atoms with van der Waals surface area (Å²) in [5.74, 6) is 0. The minimum Gasteiger partial charge on any atom is -0.234 e. The summed E-state index contributed by atoms with van der Waals surface area (Å²) in [7, 11) is -1.17. The lowest BCUT2D eigenvalue weighted by molar-refractivity contribution is 0.651. The summed E-state index contributed by atoms with van der Waals surface area (Å²) in [4.78, 5) is 0. The van der Waals surface area contributed by atoms with Crippen LogP contribution in [-0.2, 0) is 11.0 Å². The zero-order chi connectivity index (χ0) is 10.6. The Balaban J connectivity index is 2.71. The second kappa shape index (κ2) is 4.51. The molecule has 0 unspecified atom stereocenters. The molecule has 0 saturated carbocycles. The van der Waals surface area contributed by atoms with Crippen LogP contribution in [0.1, 0.15) is 26.3 Å².